The molecular formula is C17H14BrN3O2S. The fraction of sp³-hybridized carbons (Fsp3) is 0.235. The maximum atomic E-state index is 12.8. The number of amides is 1. The molecule has 0 saturated heterocycles. The van der Waals surface area contributed by atoms with Gasteiger partial charge in [-0.25, -0.2) is 4.98 Å². The summed E-state index contributed by atoms with van der Waals surface area (Å²) in [7, 11) is 0. The molecule has 7 heteroatoms. The van der Waals surface area contributed by atoms with Crippen LogP contribution < -0.4 is 10.9 Å². The molecule has 122 valence electrons. The van der Waals surface area contributed by atoms with Gasteiger partial charge in [-0.05, 0) is 53.7 Å². The van der Waals surface area contributed by atoms with E-state index in [0.717, 1.165) is 35.8 Å². The number of aromatic nitrogens is 2. The Morgan fingerprint density at radius 1 is 1.25 bits per heavy atom. The van der Waals surface area contributed by atoms with Gasteiger partial charge in [-0.1, -0.05) is 12.1 Å². The Hall–Kier alpha value is -1.99. The van der Waals surface area contributed by atoms with Gasteiger partial charge in [-0.2, -0.15) is 0 Å². The second-order valence-electron chi connectivity index (χ2n) is 5.71. The fourth-order valence-corrected chi connectivity index (χ4v) is 4.53. The van der Waals surface area contributed by atoms with Crippen LogP contribution in [0, 0.1) is 0 Å². The lowest BCUT2D eigenvalue weighted by Crippen LogP contribution is -2.27. The quantitative estimate of drug-likeness (QED) is 0.709. The molecule has 0 saturated carbocycles. The molecular weight excluding hydrogens is 390 g/mol. The van der Waals surface area contributed by atoms with Crippen LogP contribution in [0.1, 0.15) is 33.8 Å². The van der Waals surface area contributed by atoms with Crippen molar-refractivity contribution in [2.45, 2.75) is 25.7 Å². The van der Waals surface area contributed by atoms with Crippen molar-refractivity contribution in [1.82, 2.24) is 9.38 Å². The summed E-state index contributed by atoms with van der Waals surface area (Å²) in [5.41, 5.74) is 1.42. The van der Waals surface area contributed by atoms with Crippen LogP contribution in [0.4, 0.5) is 5.69 Å². The van der Waals surface area contributed by atoms with Crippen LogP contribution >= 0.6 is 27.3 Å². The molecule has 0 bridgehead atoms. The number of halogens is 1. The molecule has 0 atom stereocenters. The van der Waals surface area contributed by atoms with Gasteiger partial charge in [0, 0.05) is 21.2 Å². The van der Waals surface area contributed by atoms with Crippen molar-refractivity contribution in [2.75, 3.05) is 5.32 Å². The molecule has 0 aliphatic heterocycles. The first kappa shape index (κ1) is 15.5. The third-order valence-corrected chi connectivity index (χ3v) is 6.02. The first-order valence-electron chi connectivity index (χ1n) is 7.73. The number of hydrogen-bond acceptors (Lipinski definition) is 4. The maximum Gasteiger partial charge on any atom is 0.271 e. The molecule has 3 aromatic rings. The summed E-state index contributed by atoms with van der Waals surface area (Å²) in [5.74, 6) is -0.440. The van der Waals surface area contributed by atoms with Crippen LogP contribution in [-0.4, -0.2) is 15.3 Å². The van der Waals surface area contributed by atoms with Crippen LogP contribution in [0.3, 0.4) is 0 Å². The van der Waals surface area contributed by atoms with E-state index in [2.05, 4.69) is 26.2 Å². The first-order chi connectivity index (χ1) is 11.6. The van der Waals surface area contributed by atoms with Gasteiger partial charge in [0.1, 0.15) is 5.56 Å². The monoisotopic (exact) mass is 403 g/mol. The highest BCUT2D eigenvalue weighted by Crippen LogP contribution is 2.28. The summed E-state index contributed by atoms with van der Waals surface area (Å²) in [5, 5.41) is 2.77. The standard InChI is InChI=1S/C17H14BrN3O2S/c18-11-5-1-2-6-12(11)20-15(22)10-9-19-17-21(16(10)23)13-7-3-4-8-14(13)24-17/h1-2,5-6,9H,3-4,7-8H2,(H,20,22). The average molecular weight is 404 g/mol. The summed E-state index contributed by atoms with van der Waals surface area (Å²) in [6.07, 6.45) is 5.45. The Morgan fingerprint density at radius 3 is 2.88 bits per heavy atom. The Kier molecular flexibility index (Phi) is 3.97. The van der Waals surface area contributed by atoms with E-state index in [9.17, 15) is 9.59 Å². The number of nitrogens with one attached hydrogen (secondary N) is 1. The van der Waals surface area contributed by atoms with Crippen molar-refractivity contribution in [3.05, 3.63) is 61.4 Å². The van der Waals surface area contributed by atoms with Gasteiger partial charge >= 0.3 is 0 Å². The number of aryl methyl sites for hydroxylation is 2. The van der Waals surface area contributed by atoms with Crippen molar-refractivity contribution in [1.29, 1.82) is 0 Å². The highest BCUT2D eigenvalue weighted by molar-refractivity contribution is 9.10. The molecule has 2 heterocycles. The molecule has 5 nitrogen and oxygen atoms in total. The number of nitrogens with zero attached hydrogens (tertiary/aromatic N) is 2. The molecule has 4 rings (SSSR count). The van der Waals surface area contributed by atoms with E-state index in [1.807, 2.05) is 18.2 Å². The Balaban J connectivity index is 1.77. The van der Waals surface area contributed by atoms with Crippen molar-refractivity contribution in [3.63, 3.8) is 0 Å². The summed E-state index contributed by atoms with van der Waals surface area (Å²) in [6, 6.07) is 7.29. The molecule has 0 unspecified atom stereocenters. The number of benzene rings is 1. The van der Waals surface area contributed by atoms with Crippen LogP contribution in [0.2, 0.25) is 0 Å². The zero-order valence-electron chi connectivity index (χ0n) is 12.7. The normalized spacial score (nSPS) is 13.7. The zero-order chi connectivity index (χ0) is 16.7. The average Bonchev–Trinajstić information content (AvgIpc) is 2.96. The zero-order valence-corrected chi connectivity index (χ0v) is 15.1. The molecule has 1 amide bonds. The van der Waals surface area contributed by atoms with Crippen LogP contribution in [0.5, 0.6) is 0 Å². The Morgan fingerprint density at radius 2 is 2.04 bits per heavy atom. The number of carbonyl (C=O) groups excluding carboxylic acids is 1. The molecule has 24 heavy (non-hydrogen) atoms. The van der Waals surface area contributed by atoms with Crippen LogP contribution in [0.25, 0.3) is 4.96 Å². The molecule has 1 aromatic carbocycles. The smallest absolute Gasteiger partial charge is 0.271 e. The molecule has 0 fully saturated rings. The second-order valence-corrected chi connectivity index (χ2v) is 7.62. The van der Waals surface area contributed by atoms with Crippen molar-refractivity contribution >= 4 is 43.8 Å². The predicted octanol–water partition coefficient (Wildman–Crippen LogP) is 3.65. The van der Waals surface area contributed by atoms with E-state index >= 15 is 0 Å². The number of thiazole rings is 1. The maximum absolute atomic E-state index is 12.8. The lowest BCUT2D eigenvalue weighted by molar-refractivity contribution is 0.102. The van der Waals surface area contributed by atoms with Crippen molar-refractivity contribution in [2.24, 2.45) is 0 Å². The summed E-state index contributed by atoms with van der Waals surface area (Å²) < 4.78 is 2.38. The van der Waals surface area contributed by atoms with Crippen molar-refractivity contribution < 1.29 is 4.79 Å². The van der Waals surface area contributed by atoms with E-state index in [1.54, 1.807) is 21.8 Å². The largest absolute Gasteiger partial charge is 0.321 e. The number of anilines is 1. The Labute approximate surface area is 150 Å². The second kappa shape index (κ2) is 6.14. The summed E-state index contributed by atoms with van der Waals surface area (Å²) in [4.78, 5) is 31.6. The molecule has 1 aliphatic carbocycles. The first-order valence-corrected chi connectivity index (χ1v) is 9.34. The Bertz CT molecular complexity index is 1010. The van der Waals surface area contributed by atoms with Gasteiger partial charge in [0.05, 0.1) is 5.69 Å². The highest BCUT2D eigenvalue weighted by atomic mass is 79.9. The van der Waals surface area contributed by atoms with Gasteiger partial charge in [0.25, 0.3) is 11.5 Å². The lowest BCUT2D eigenvalue weighted by atomic mass is 10.0. The minimum Gasteiger partial charge on any atom is -0.321 e. The molecule has 1 N–H and O–H groups in total. The van der Waals surface area contributed by atoms with Gasteiger partial charge in [-0.3, -0.25) is 14.0 Å². The minimum atomic E-state index is -0.440. The van der Waals surface area contributed by atoms with Gasteiger partial charge in [0.15, 0.2) is 4.96 Å². The summed E-state index contributed by atoms with van der Waals surface area (Å²) in [6.45, 7) is 0. The van der Waals surface area contributed by atoms with Gasteiger partial charge < -0.3 is 5.32 Å². The third-order valence-electron chi connectivity index (χ3n) is 4.17. The van der Waals surface area contributed by atoms with Gasteiger partial charge in [-0.15, -0.1) is 11.3 Å². The molecule has 1 aliphatic rings. The van der Waals surface area contributed by atoms with Gasteiger partial charge in [0.2, 0.25) is 0 Å². The summed E-state index contributed by atoms with van der Waals surface area (Å²) >= 11 is 4.94. The number of rotatable bonds is 2. The molecule has 0 radical (unpaired) electrons. The van der Waals surface area contributed by atoms with E-state index in [1.165, 1.54) is 11.1 Å². The van der Waals surface area contributed by atoms with Crippen LogP contribution in [-0.2, 0) is 12.8 Å². The van der Waals surface area contributed by atoms with Crippen LogP contribution in [0.15, 0.2) is 39.7 Å². The van der Waals surface area contributed by atoms with Crippen molar-refractivity contribution in [3.8, 4) is 0 Å². The number of fused-ring (bicyclic) bond motifs is 3. The van der Waals surface area contributed by atoms with E-state index in [4.69, 9.17) is 0 Å². The minimum absolute atomic E-state index is 0.0643. The van der Waals surface area contributed by atoms with E-state index in [-0.39, 0.29) is 11.1 Å². The topological polar surface area (TPSA) is 63.5 Å². The third kappa shape index (κ3) is 2.57. The number of hydrogen-bond donors (Lipinski definition) is 1. The van der Waals surface area contributed by atoms with E-state index < -0.39 is 5.91 Å². The molecule has 2 aromatic heterocycles. The SMILES string of the molecule is O=C(Nc1ccccc1Br)c1cnc2sc3c(n2c1=O)CCCC3. The fourth-order valence-electron chi connectivity index (χ4n) is 2.98. The van der Waals surface area contributed by atoms with E-state index in [0.29, 0.717) is 10.6 Å². The number of carbonyl (C=O) groups is 1. The molecule has 0 spiro atoms. The highest BCUT2D eigenvalue weighted by Gasteiger charge is 2.21. The predicted molar refractivity (Wildman–Crippen MR) is 98.1 cm³/mol. The lowest BCUT2D eigenvalue weighted by Gasteiger charge is -2.11. The number of para-hydroxylation sites is 1.